The van der Waals surface area contributed by atoms with Gasteiger partial charge in [-0.25, -0.2) is 4.79 Å². The Balaban J connectivity index is 1.79. The van der Waals surface area contributed by atoms with Crippen molar-refractivity contribution in [3.63, 3.8) is 0 Å². The van der Waals surface area contributed by atoms with Crippen molar-refractivity contribution in [2.75, 3.05) is 7.11 Å². The number of methoxy groups -OCH3 is 1. The van der Waals surface area contributed by atoms with Gasteiger partial charge < -0.3 is 9.84 Å². The van der Waals surface area contributed by atoms with Crippen LogP contribution < -0.4 is 4.74 Å². The van der Waals surface area contributed by atoms with Crippen molar-refractivity contribution < 1.29 is 19.4 Å². The van der Waals surface area contributed by atoms with Gasteiger partial charge in [-0.15, -0.1) is 0 Å². The average Bonchev–Trinajstić information content (AvgIpc) is 3.28. The Morgan fingerprint density at radius 1 is 1.06 bits per heavy atom. The molecule has 0 aliphatic carbocycles. The van der Waals surface area contributed by atoms with Gasteiger partial charge in [0.1, 0.15) is 11.3 Å². The molecule has 1 heterocycles. The number of carboxylic acid groups (broad SMARTS) is 1. The molecule has 172 valence electrons. The summed E-state index contributed by atoms with van der Waals surface area (Å²) in [7, 11) is 1.56. The Morgan fingerprint density at radius 3 is 2.50 bits per heavy atom. The van der Waals surface area contributed by atoms with E-state index in [1.807, 2.05) is 25.1 Å². The van der Waals surface area contributed by atoms with E-state index in [0.717, 1.165) is 22.3 Å². The van der Waals surface area contributed by atoms with Gasteiger partial charge in [0.2, 0.25) is 0 Å². The number of aryl methyl sites for hydroxylation is 1. The summed E-state index contributed by atoms with van der Waals surface area (Å²) in [5, 5.41) is 10.1. The molecule has 0 saturated carbocycles. The zero-order valence-electron chi connectivity index (χ0n) is 18.5. The Bertz CT molecular complexity index is 1350. The molecule has 0 saturated heterocycles. The first-order valence-corrected chi connectivity index (χ1v) is 11.2. The van der Waals surface area contributed by atoms with Crippen LogP contribution in [0.3, 0.4) is 0 Å². The maximum absolute atomic E-state index is 13.6. The van der Waals surface area contributed by atoms with Crippen LogP contribution in [0.1, 0.15) is 31.8 Å². The number of carbonyl (C=O) groups is 2. The van der Waals surface area contributed by atoms with Gasteiger partial charge in [0, 0.05) is 23.2 Å². The van der Waals surface area contributed by atoms with Crippen LogP contribution in [-0.2, 0) is 6.42 Å². The number of ketones is 1. The summed E-state index contributed by atoms with van der Waals surface area (Å²) in [6.07, 6.45) is 5.31. The fourth-order valence-corrected chi connectivity index (χ4v) is 4.58. The van der Waals surface area contributed by atoms with Crippen LogP contribution in [0, 0.1) is 6.92 Å². The van der Waals surface area contributed by atoms with Crippen LogP contribution in [0.5, 0.6) is 5.75 Å². The van der Waals surface area contributed by atoms with Crippen LogP contribution in [-0.4, -0.2) is 35.7 Å². The number of aromatic carboxylic acids is 1. The van der Waals surface area contributed by atoms with Crippen molar-refractivity contribution in [1.82, 2.24) is 0 Å². The van der Waals surface area contributed by atoms with Crippen molar-refractivity contribution >= 4 is 41.2 Å². The molecule has 1 N–H and O–H groups in total. The number of Topliss-reactive ketones (excluding diaryl/α,β-unsaturated/α-hetero) is 1. The minimum absolute atomic E-state index is 0.199. The van der Waals surface area contributed by atoms with Crippen LogP contribution in [0.25, 0.3) is 11.1 Å². The molecule has 1 atom stereocenters. The van der Waals surface area contributed by atoms with Crippen LogP contribution in [0.4, 0.5) is 0 Å². The Labute approximate surface area is 207 Å². The van der Waals surface area contributed by atoms with Crippen LogP contribution in [0.15, 0.2) is 71.7 Å². The van der Waals surface area contributed by atoms with Crippen molar-refractivity contribution in [3.8, 4) is 16.9 Å². The lowest BCUT2D eigenvalue weighted by atomic mass is 9.83. The van der Waals surface area contributed by atoms with Gasteiger partial charge in [0.15, 0.2) is 5.78 Å². The molecule has 0 amide bonds. The molecule has 3 aromatic rings. The van der Waals surface area contributed by atoms with Gasteiger partial charge in [-0.05, 0) is 83.8 Å². The van der Waals surface area contributed by atoms with E-state index in [1.165, 1.54) is 6.07 Å². The number of benzene rings is 3. The monoisotopic (exact) mass is 493 g/mol. The summed E-state index contributed by atoms with van der Waals surface area (Å²) >= 11 is 12.3. The number of ether oxygens (including phenoxy) is 1. The molecule has 3 aromatic carbocycles. The molecular weight excluding hydrogens is 473 g/mol. The van der Waals surface area contributed by atoms with Gasteiger partial charge in [0.05, 0.1) is 17.7 Å². The van der Waals surface area contributed by atoms with Gasteiger partial charge in [-0.2, -0.15) is 0 Å². The minimum atomic E-state index is -1.19. The summed E-state index contributed by atoms with van der Waals surface area (Å²) in [6, 6.07) is 15.3. The van der Waals surface area contributed by atoms with Gasteiger partial charge in [-0.3, -0.25) is 9.79 Å². The number of carbonyl (C=O) groups excluding carboxylic acids is 1. The van der Waals surface area contributed by atoms with E-state index in [2.05, 4.69) is 4.99 Å². The summed E-state index contributed by atoms with van der Waals surface area (Å²) in [6.45, 7) is 1.92. The average molecular weight is 494 g/mol. The number of aliphatic imine (C=N–C) groups is 1. The van der Waals surface area contributed by atoms with E-state index in [1.54, 1.807) is 55.8 Å². The van der Waals surface area contributed by atoms with Gasteiger partial charge >= 0.3 is 5.97 Å². The maximum atomic E-state index is 13.6. The number of hydrogen-bond acceptors (Lipinski definition) is 4. The number of halogens is 2. The second-order valence-corrected chi connectivity index (χ2v) is 8.90. The van der Waals surface area contributed by atoms with Gasteiger partial charge in [-0.1, -0.05) is 35.3 Å². The van der Waals surface area contributed by atoms with E-state index in [-0.39, 0.29) is 22.8 Å². The normalized spacial score (nSPS) is 16.6. The van der Waals surface area contributed by atoms with Crippen molar-refractivity contribution in [3.05, 3.63) is 99.0 Å². The lowest BCUT2D eigenvalue weighted by Gasteiger charge is -2.25. The molecule has 0 bridgehead atoms. The van der Waals surface area contributed by atoms with E-state index < -0.39 is 11.5 Å². The molecule has 5 nitrogen and oxygen atoms in total. The fourth-order valence-electron chi connectivity index (χ4n) is 4.09. The molecule has 1 aliphatic heterocycles. The number of carboxylic acids is 1. The highest BCUT2D eigenvalue weighted by atomic mass is 35.5. The van der Waals surface area contributed by atoms with Crippen molar-refractivity contribution in [2.24, 2.45) is 4.99 Å². The second-order valence-electron chi connectivity index (χ2n) is 8.05. The lowest BCUT2D eigenvalue weighted by Crippen LogP contribution is -2.36. The smallest absolute Gasteiger partial charge is 0.335 e. The standard InChI is InChI=1S/C27H21Cl2NO4/c1-16-4-5-18(26(32)33)13-22(16)17-6-9-24(34-2)19(12-17)15-27(10-3-11-30-27)25(31)21-8-7-20(28)14-23(21)29/h3-14H,15H2,1-2H3,(H,32,33). The predicted octanol–water partition coefficient (Wildman–Crippen LogP) is 6.48. The van der Waals surface area contributed by atoms with Crippen LogP contribution in [0.2, 0.25) is 10.0 Å². The van der Waals surface area contributed by atoms with Crippen LogP contribution >= 0.6 is 23.2 Å². The second kappa shape index (κ2) is 9.45. The van der Waals surface area contributed by atoms with Crippen molar-refractivity contribution in [1.29, 1.82) is 0 Å². The molecule has 1 aliphatic rings. The minimum Gasteiger partial charge on any atom is -0.496 e. The zero-order chi connectivity index (χ0) is 24.5. The number of allylic oxidation sites excluding steroid dienone is 1. The molecule has 0 fully saturated rings. The first-order valence-electron chi connectivity index (χ1n) is 10.5. The third-order valence-corrected chi connectivity index (χ3v) is 6.42. The molecule has 4 rings (SSSR count). The first-order chi connectivity index (χ1) is 16.2. The molecule has 0 spiro atoms. The van der Waals surface area contributed by atoms with Crippen molar-refractivity contribution in [2.45, 2.75) is 18.9 Å². The maximum Gasteiger partial charge on any atom is 0.335 e. The summed E-state index contributed by atoms with van der Waals surface area (Å²) in [4.78, 5) is 29.7. The number of hydrogen-bond donors (Lipinski definition) is 1. The highest BCUT2D eigenvalue weighted by Crippen LogP contribution is 2.36. The first kappa shape index (κ1) is 23.7. The third-order valence-electron chi connectivity index (χ3n) is 5.87. The molecule has 0 aromatic heterocycles. The summed E-state index contributed by atoms with van der Waals surface area (Å²) in [5.41, 5.74) is 2.62. The quantitative estimate of drug-likeness (QED) is 0.382. The lowest BCUT2D eigenvalue weighted by molar-refractivity contribution is 0.0696. The molecule has 0 radical (unpaired) electrons. The SMILES string of the molecule is COc1ccc(-c2cc(C(=O)O)ccc2C)cc1CC1(C(=O)c2ccc(Cl)cc2Cl)C=CC=N1. The van der Waals surface area contributed by atoms with E-state index in [9.17, 15) is 14.7 Å². The molecule has 7 heteroatoms. The largest absolute Gasteiger partial charge is 0.496 e. The topological polar surface area (TPSA) is 76.0 Å². The third kappa shape index (κ3) is 4.49. The number of rotatable bonds is 7. The number of nitrogens with zero attached hydrogens (tertiary/aromatic N) is 1. The summed E-state index contributed by atoms with van der Waals surface area (Å²) < 4.78 is 5.58. The predicted molar refractivity (Wildman–Crippen MR) is 135 cm³/mol. The highest BCUT2D eigenvalue weighted by Gasteiger charge is 2.39. The molecular formula is C27H21Cl2NO4. The highest BCUT2D eigenvalue weighted by molar-refractivity contribution is 6.37. The fraction of sp³-hybridized carbons (Fsp3) is 0.148. The zero-order valence-corrected chi connectivity index (χ0v) is 20.0. The van der Waals surface area contributed by atoms with E-state index in [0.29, 0.717) is 16.3 Å². The Kier molecular flexibility index (Phi) is 6.60. The van der Waals surface area contributed by atoms with E-state index in [4.69, 9.17) is 27.9 Å². The van der Waals surface area contributed by atoms with Gasteiger partial charge in [0.25, 0.3) is 0 Å². The summed E-state index contributed by atoms with van der Waals surface area (Å²) in [5.74, 6) is -0.652. The molecule has 34 heavy (non-hydrogen) atoms. The Morgan fingerprint density at radius 2 is 1.85 bits per heavy atom. The van der Waals surface area contributed by atoms with E-state index >= 15 is 0 Å². The molecule has 1 unspecified atom stereocenters. The Hall–Kier alpha value is -3.41.